The Balaban J connectivity index is 1.31. The van der Waals surface area contributed by atoms with Crippen molar-refractivity contribution in [2.75, 3.05) is 26.3 Å². The summed E-state index contributed by atoms with van der Waals surface area (Å²) in [7, 11) is 0. The number of benzene rings is 1. The van der Waals surface area contributed by atoms with Crippen molar-refractivity contribution in [1.82, 2.24) is 15.1 Å². The first-order valence-electron chi connectivity index (χ1n) is 11.1. The van der Waals surface area contributed by atoms with Gasteiger partial charge in [0, 0.05) is 51.3 Å². The lowest BCUT2D eigenvalue weighted by Crippen LogP contribution is -2.46. The van der Waals surface area contributed by atoms with Crippen LogP contribution in [0.5, 0.6) is 0 Å². The Kier molecular flexibility index (Phi) is 6.50. The number of likely N-dealkylation sites (tertiary alicyclic amines) is 1. The maximum absolute atomic E-state index is 13.0. The third kappa shape index (κ3) is 5.17. The zero-order valence-electron chi connectivity index (χ0n) is 17.4. The van der Waals surface area contributed by atoms with E-state index in [0.29, 0.717) is 31.7 Å². The molecule has 6 heteroatoms. The maximum atomic E-state index is 13.0. The molecule has 0 aromatic heterocycles. The van der Waals surface area contributed by atoms with E-state index < -0.39 is 0 Å². The zero-order valence-corrected chi connectivity index (χ0v) is 17.4. The molecule has 0 spiro atoms. The number of nitrogens with zero attached hydrogens (tertiary/aromatic N) is 2. The molecule has 1 saturated carbocycles. The van der Waals surface area contributed by atoms with Gasteiger partial charge in [-0.3, -0.25) is 14.5 Å². The molecule has 2 atom stereocenters. The van der Waals surface area contributed by atoms with Gasteiger partial charge in [0.2, 0.25) is 11.8 Å². The minimum absolute atomic E-state index is 0.0485. The third-order valence-electron chi connectivity index (χ3n) is 6.51. The number of fused-ring (bicyclic) bond motifs is 1. The molecule has 1 aromatic rings. The number of hydrogen-bond acceptors (Lipinski definition) is 4. The highest BCUT2D eigenvalue weighted by molar-refractivity contribution is 5.78. The van der Waals surface area contributed by atoms with Gasteiger partial charge >= 0.3 is 0 Å². The van der Waals surface area contributed by atoms with Gasteiger partial charge < -0.3 is 15.0 Å². The van der Waals surface area contributed by atoms with Crippen molar-refractivity contribution < 1.29 is 14.3 Å². The van der Waals surface area contributed by atoms with E-state index in [4.69, 9.17) is 4.74 Å². The summed E-state index contributed by atoms with van der Waals surface area (Å²) in [5.41, 5.74) is 2.55. The number of ether oxygens (including phenoxy) is 1. The molecule has 1 aliphatic carbocycles. The fourth-order valence-corrected chi connectivity index (χ4v) is 4.67. The average Bonchev–Trinajstić information content (AvgIpc) is 3.31. The standard InChI is InChI=1S/C23H33N3O3/c1-2-29-16-22(27)24-12-21-10-9-20(26(21)13-17-7-8-17)11-23(28)25-14-18-5-3-4-6-19(18)15-25/h3-6,17,20-21H,2,7-16H2,1H3,(H,24,27)/t20-,21+/m1/s1. The van der Waals surface area contributed by atoms with Gasteiger partial charge in [-0.1, -0.05) is 24.3 Å². The molecule has 0 radical (unpaired) electrons. The lowest BCUT2D eigenvalue weighted by atomic mass is 10.1. The number of carbonyl (C=O) groups excluding carboxylic acids is 2. The molecular weight excluding hydrogens is 366 g/mol. The monoisotopic (exact) mass is 399 g/mol. The van der Waals surface area contributed by atoms with Crippen molar-refractivity contribution in [3.63, 3.8) is 0 Å². The number of amides is 2. The quantitative estimate of drug-likeness (QED) is 0.692. The summed E-state index contributed by atoms with van der Waals surface area (Å²) < 4.78 is 5.19. The lowest BCUT2D eigenvalue weighted by molar-refractivity contribution is -0.133. The van der Waals surface area contributed by atoms with Crippen LogP contribution < -0.4 is 5.32 Å². The summed E-state index contributed by atoms with van der Waals surface area (Å²) in [4.78, 5) is 29.5. The highest BCUT2D eigenvalue weighted by Crippen LogP contribution is 2.36. The lowest BCUT2D eigenvalue weighted by Gasteiger charge is -2.31. The van der Waals surface area contributed by atoms with Gasteiger partial charge in [-0.2, -0.15) is 0 Å². The van der Waals surface area contributed by atoms with Gasteiger partial charge in [0.05, 0.1) is 0 Å². The van der Waals surface area contributed by atoms with Crippen LogP contribution in [0.15, 0.2) is 24.3 Å². The summed E-state index contributed by atoms with van der Waals surface area (Å²) in [5, 5.41) is 3.02. The van der Waals surface area contributed by atoms with Gasteiger partial charge in [0.1, 0.15) is 6.61 Å². The molecule has 158 valence electrons. The predicted molar refractivity (Wildman–Crippen MR) is 111 cm³/mol. The molecule has 0 bridgehead atoms. The van der Waals surface area contributed by atoms with Crippen molar-refractivity contribution >= 4 is 11.8 Å². The van der Waals surface area contributed by atoms with Gasteiger partial charge in [0.15, 0.2) is 0 Å². The first kappa shape index (κ1) is 20.4. The molecule has 1 N–H and O–H groups in total. The number of nitrogens with one attached hydrogen (secondary N) is 1. The minimum atomic E-state index is -0.0485. The molecule has 4 rings (SSSR count). The predicted octanol–water partition coefficient (Wildman–Crippen LogP) is 2.31. The second kappa shape index (κ2) is 9.26. The first-order chi connectivity index (χ1) is 14.1. The Morgan fingerprint density at radius 1 is 1.07 bits per heavy atom. The van der Waals surface area contributed by atoms with Crippen LogP contribution >= 0.6 is 0 Å². The molecule has 1 saturated heterocycles. The molecule has 1 aromatic carbocycles. The van der Waals surface area contributed by atoms with Crippen molar-refractivity contribution in [3.05, 3.63) is 35.4 Å². The van der Waals surface area contributed by atoms with Crippen LogP contribution in [-0.4, -0.2) is 60.0 Å². The number of rotatable bonds is 9. The largest absolute Gasteiger partial charge is 0.372 e. The van der Waals surface area contributed by atoms with Crippen LogP contribution in [0.4, 0.5) is 0 Å². The Bertz CT molecular complexity index is 709. The molecule has 2 fully saturated rings. The van der Waals surface area contributed by atoms with E-state index in [-0.39, 0.29) is 18.4 Å². The van der Waals surface area contributed by atoms with E-state index in [0.717, 1.165) is 38.4 Å². The molecule has 6 nitrogen and oxygen atoms in total. The molecule has 2 heterocycles. The van der Waals surface area contributed by atoms with Gasteiger partial charge in [-0.15, -0.1) is 0 Å². The first-order valence-corrected chi connectivity index (χ1v) is 11.1. The van der Waals surface area contributed by atoms with Crippen LogP contribution in [0.2, 0.25) is 0 Å². The number of hydrogen-bond donors (Lipinski definition) is 1. The minimum Gasteiger partial charge on any atom is -0.372 e. The van der Waals surface area contributed by atoms with E-state index in [1.807, 2.05) is 24.0 Å². The van der Waals surface area contributed by atoms with Gasteiger partial charge in [-0.25, -0.2) is 0 Å². The summed E-state index contributed by atoms with van der Waals surface area (Å²) in [6, 6.07) is 8.96. The average molecular weight is 400 g/mol. The zero-order chi connectivity index (χ0) is 20.2. The van der Waals surface area contributed by atoms with E-state index in [9.17, 15) is 9.59 Å². The molecule has 29 heavy (non-hydrogen) atoms. The van der Waals surface area contributed by atoms with Crippen LogP contribution in [0.25, 0.3) is 0 Å². The maximum Gasteiger partial charge on any atom is 0.246 e. The smallest absolute Gasteiger partial charge is 0.246 e. The van der Waals surface area contributed by atoms with Crippen molar-refractivity contribution in [2.24, 2.45) is 5.92 Å². The second-order valence-electron chi connectivity index (χ2n) is 8.69. The van der Waals surface area contributed by atoms with Crippen molar-refractivity contribution in [3.8, 4) is 0 Å². The molecular formula is C23H33N3O3. The van der Waals surface area contributed by atoms with E-state index in [1.54, 1.807) is 0 Å². The van der Waals surface area contributed by atoms with Crippen LogP contribution in [-0.2, 0) is 27.4 Å². The Labute approximate surface area is 173 Å². The van der Waals surface area contributed by atoms with Crippen molar-refractivity contribution in [2.45, 2.75) is 64.2 Å². The highest BCUT2D eigenvalue weighted by atomic mass is 16.5. The topological polar surface area (TPSA) is 61.9 Å². The second-order valence-corrected chi connectivity index (χ2v) is 8.69. The Morgan fingerprint density at radius 3 is 2.41 bits per heavy atom. The molecule has 2 amide bonds. The molecule has 2 aliphatic heterocycles. The van der Waals surface area contributed by atoms with Crippen LogP contribution in [0.3, 0.4) is 0 Å². The summed E-state index contributed by atoms with van der Waals surface area (Å²) >= 11 is 0. The normalized spacial score (nSPS) is 24.0. The molecule has 3 aliphatic rings. The third-order valence-corrected chi connectivity index (χ3v) is 6.51. The highest BCUT2D eigenvalue weighted by Gasteiger charge is 2.39. The molecule has 0 unspecified atom stereocenters. The van der Waals surface area contributed by atoms with Crippen LogP contribution in [0.1, 0.15) is 50.2 Å². The summed E-state index contributed by atoms with van der Waals surface area (Å²) in [6.07, 6.45) is 5.25. The van der Waals surface area contributed by atoms with E-state index in [1.165, 1.54) is 24.0 Å². The van der Waals surface area contributed by atoms with E-state index >= 15 is 0 Å². The summed E-state index contributed by atoms with van der Waals surface area (Å²) in [6.45, 7) is 5.76. The van der Waals surface area contributed by atoms with Crippen LogP contribution in [0, 0.1) is 5.92 Å². The van der Waals surface area contributed by atoms with E-state index in [2.05, 4.69) is 22.3 Å². The SMILES string of the molecule is CCOCC(=O)NC[C@@H]1CC[C@H](CC(=O)N2Cc3ccccc3C2)N1CC1CC1. The summed E-state index contributed by atoms with van der Waals surface area (Å²) in [5.74, 6) is 0.976. The Morgan fingerprint density at radius 2 is 1.76 bits per heavy atom. The van der Waals surface area contributed by atoms with Crippen molar-refractivity contribution in [1.29, 1.82) is 0 Å². The fraction of sp³-hybridized carbons (Fsp3) is 0.652. The Hall–Kier alpha value is -1.92. The van der Waals surface area contributed by atoms with Gasteiger partial charge in [-0.05, 0) is 49.7 Å². The fourth-order valence-electron chi connectivity index (χ4n) is 4.67. The van der Waals surface area contributed by atoms with Gasteiger partial charge in [0.25, 0.3) is 0 Å². The number of carbonyl (C=O) groups is 2.